The minimum absolute atomic E-state index is 0.396. The number of aldehydes is 1. The highest BCUT2D eigenvalue weighted by molar-refractivity contribution is 7.99. The van der Waals surface area contributed by atoms with Crippen LogP contribution in [-0.4, -0.2) is 36.0 Å². The van der Waals surface area contributed by atoms with Crippen LogP contribution in [0.2, 0.25) is 0 Å². The number of ether oxygens (including phenoxy) is 2. The van der Waals surface area contributed by atoms with Crippen molar-refractivity contribution in [3.63, 3.8) is 0 Å². The molecule has 0 unspecified atom stereocenters. The van der Waals surface area contributed by atoms with Crippen molar-refractivity contribution >= 4 is 18.0 Å². The highest BCUT2D eigenvalue weighted by Gasteiger charge is 2.10. The van der Waals surface area contributed by atoms with E-state index in [1.807, 2.05) is 0 Å². The summed E-state index contributed by atoms with van der Waals surface area (Å²) >= 11 is 1.39. The molecule has 2 rings (SSSR count). The van der Waals surface area contributed by atoms with Crippen LogP contribution in [0.15, 0.2) is 27.8 Å². The molecule has 7 heteroatoms. The SMILES string of the molecule is COc1cccc(C=O)c1OCCSc1nnc(C)o1. The van der Waals surface area contributed by atoms with Gasteiger partial charge < -0.3 is 13.9 Å². The summed E-state index contributed by atoms with van der Waals surface area (Å²) in [6, 6.07) is 5.17. The highest BCUT2D eigenvalue weighted by atomic mass is 32.2. The molecule has 1 heterocycles. The Hall–Kier alpha value is -2.02. The van der Waals surface area contributed by atoms with Crippen molar-refractivity contribution in [2.24, 2.45) is 0 Å². The van der Waals surface area contributed by atoms with Gasteiger partial charge in [-0.15, -0.1) is 10.2 Å². The summed E-state index contributed by atoms with van der Waals surface area (Å²) in [5.41, 5.74) is 0.461. The minimum Gasteiger partial charge on any atom is -0.493 e. The van der Waals surface area contributed by atoms with E-state index in [9.17, 15) is 4.79 Å². The van der Waals surface area contributed by atoms with Gasteiger partial charge >= 0.3 is 0 Å². The maximum absolute atomic E-state index is 11.0. The Kier molecular flexibility index (Phi) is 5.00. The summed E-state index contributed by atoms with van der Waals surface area (Å²) in [6.07, 6.45) is 0.742. The van der Waals surface area contributed by atoms with Gasteiger partial charge in [-0.1, -0.05) is 17.8 Å². The number of benzene rings is 1. The van der Waals surface area contributed by atoms with Crippen LogP contribution in [0.4, 0.5) is 0 Å². The second-order valence-electron chi connectivity index (χ2n) is 3.78. The molecule has 0 radical (unpaired) electrons. The van der Waals surface area contributed by atoms with Gasteiger partial charge in [-0.2, -0.15) is 0 Å². The van der Waals surface area contributed by atoms with Crippen LogP contribution in [0, 0.1) is 6.92 Å². The summed E-state index contributed by atoms with van der Waals surface area (Å²) in [5.74, 6) is 2.14. The molecule has 1 aromatic heterocycles. The number of rotatable bonds is 7. The van der Waals surface area contributed by atoms with Gasteiger partial charge in [-0.3, -0.25) is 4.79 Å². The molecule has 20 heavy (non-hydrogen) atoms. The van der Waals surface area contributed by atoms with Crippen LogP contribution in [0.5, 0.6) is 11.5 Å². The number of methoxy groups -OCH3 is 1. The number of aryl methyl sites for hydroxylation is 1. The fourth-order valence-corrected chi connectivity index (χ4v) is 2.17. The van der Waals surface area contributed by atoms with Gasteiger partial charge in [0.15, 0.2) is 17.8 Å². The van der Waals surface area contributed by atoms with E-state index in [1.54, 1.807) is 25.1 Å². The molecular formula is C13H14N2O4S. The van der Waals surface area contributed by atoms with Crippen molar-refractivity contribution in [2.75, 3.05) is 19.5 Å². The first-order valence-electron chi connectivity index (χ1n) is 5.92. The summed E-state index contributed by atoms with van der Waals surface area (Å²) < 4.78 is 16.0. The Morgan fingerprint density at radius 2 is 2.25 bits per heavy atom. The molecule has 6 nitrogen and oxygen atoms in total. The van der Waals surface area contributed by atoms with Gasteiger partial charge in [0.05, 0.1) is 19.3 Å². The number of para-hydroxylation sites is 1. The maximum atomic E-state index is 11.0. The van der Waals surface area contributed by atoms with E-state index in [-0.39, 0.29) is 0 Å². The lowest BCUT2D eigenvalue weighted by molar-refractivity contribution is 0.111. The van der Waals surface area contributed by atoms with Gasteiger partial charge in [-0.05, 0) is 12.1 Å². The van der Waals surface area contributed by atoms with E-state index >= 15 is 0 Å². The summed E-state index contributed by atoms with van der Waals surface area (Å²) in [5, 5.41) is 8.10. The number of thioether (sulfide) groups is 1. The van der Waals surface area contributed by atoms with Crippen LogP contribution in [0.3, 0.4) is 0 Å². The number of hydrogen-bond acceptors (Lipinski definition) is 7. The van der Waals surface area contributed by atoms with Gasteiger partial charge in [-0.25, -0.2) is 0 Å². The average Bonchev–Trinajstić information content (AvgIpc) is 2.89. The smallest absolute Gasteiger partial charge is 0.276 e. The molecule has 1 aromatic carbocycles. The second kappa shape index (κ2) is 6.95. The average molecular weight is 294 g/mol. The fourth-order valence-electron chi connectivity index (χ4n) is 1.55. The lowest BCUT2D eigenvalue weighted by Gasteiger charge is -2.11. The second-order valence-corrected chi connectivity index (χ2v) is 4.83. The third kappa shape index (κ3) is 3.51. The van der Waals surface area contributed by atoms with Gasteiger partial charge in [0.1, 0.15) is 0 Å². The first-order chi connectivity index (χ1) is 9.74. The van der Waals surface area contributed by atoms with Crippen molar-refractivity contribution in [1.82, 2.24) is 10.2 Å². The van der Waals surface area contributed by atoms with Crippen LogP contribution in [-0.2, 0) is 0 Å². The van der Waals surface area contributed by atoms with E-state index in [0.717, 1.165) is 6.29 Å². The van der Waals surface area contributed by atoms with Crippen LogP contribution in [0.25, 0.3) is 0 Å². The lowest BCUT2D eigenvalue weighted by Crippen LogP contribution is -2.04. The molecule has 0 saturated heterocycles. The lowest BCUT2D eigenvalue weighted by atomic mass is 10.2. The molecule has 0 aliphatic carbocycles. The first-order valence-corrected chi connectivity index (χ1v) is 6.91. The van der Waals surface area contributed by atoms with E-state index in [1.165, 1.54) is 18.9 Å². The Balaban J connectivity index is 1.92. The number of aromatic nitrogens is 2. The Morgan fingerprint density at radius 1 is 1.40 bits per heavy atom. The summed E-state index contributed by atoms with van der Waals surface area (Å²) in [4.78, 5) is 11.0. The molecule has 0 amide bonds. The number of carbonyl (C=O) groups excluding carboxylic acids is 1. The largest absolute Gasteiger partial charge is 0.493 e. The van der Waals surface area contributed by atoms with Gasteiger partial charge in [0.25, 0.3) is 5.22 Å². The summed E-state index contributed by atoms with van der Waals surface area (Å²) in [7, 11) is 1.53. The molecule has 0 atom stereocenters. The molecular weight excluding hydrogens is 280 g/mol. The standard InChI is InChI=1S/C13H14N2O4S/c1-9-14-15-13(19-9)20-7-6-18-12-10(8-16)4-3-5-11(12)17-2/h3-5,8H,6-7H2,1-2H3. The zero-order valence-electron chi connectivity index (χ0n) is 11.2. The van der Waals surface area contributed by atoms with E-state index in [2.05, 4.69) is 10.2 Å². The number of nitrogens with zero attached hydrogens (tertiary/aromatic N) is 2. The van der Waals surface area contributed by atoms with Crippen molar-refractivity contribution in [2.45, 2.75) is 12.1 Å². The fraction of sp³-hybridized carbons (Fsp3) is 0.308. The third-order valence-corrected chi connectivity index (χ3v) is 3.20. The summed E-state index contributed by atoms with van der Waals surface area (Å²) in [6.45, 7) is 2.13. The van der Waals surface area contributed by atoms with E-state index in [0.29, 0.717) is 40.5 Å². The Bertz CT molecular complexity index is 586. The Morgan fingerprint density at radius 3 is 2.90 bits per heavy atom. The Labute approximate surface area is 120 Å². The normalized spacial score (nSPS) is 10.3. The predicted molar refractivity (Wildman–Crippen MR) is 73.6 cm³/mol. The third-order valence-electron chi connectivity index (χ3n) is 2.42. The zero-order valence-corrected chi connectivity index (χ0v) is 12.0. The molecule has 0 fully saturated rings. The van der Waals surface area contributed by atoms with E-state index < -0.39 is 0 Å². The molecule has 0 N–H and O–H groups in total. The molecule has 0 bridgehead atoms. The van der Waals surface area contributed by atoms with Crippen LogP contribution < -0.4 is 9.47 Å². The molecule has 0 aliphatic heterocycles. The molecule has 2 aromatic rings. The number of hydrogen-bond donors (Lipinski definition) is 0. The topological polar surface area (TPSA) is 74.5 Å². The first kappa shape index (κ1) is 14.4. The van der Waals surface area contributed by atoms with Crippen molar-refractivity contribution in [1.29, 1.82) is 0 Å². The maximum Gasteiger partial charge on any atom is 0.276 e. The van der Waals surface area contributed by atoms with Crippen molar-refractivity contribution in [3.05, 3.63) is 29.7 Å². The molecule has 0 spiro atoms. The van der Waals surface area contributed by atoms with Crippen LogP contribution in [0.1, 0.15) is 16.2 Å². The van der Waals surface area contributed by atoms with Crippen molar-refractivity contribution < 1.29 is 18.7 Å². The molecule has 106 valence electrons. The van der Waals surface area contributed by atoms with Crippen LogP contribution >= 0.6 is 11.8 Å². The highest BCUT2D eigenvalue weighted by Crippen LogP contribution is 2.30. The van der Waals surface area contributed by atoms with E-state index in [4.69, 9.17) is 13.9 Å². The monoisotopic (exact) mass is 294 g/mol. The van der Waals surface area contributed by atoms with Gasteiger partial charge in [0.2, 0.25) is 5.89 Å². The minimum atomic E-state index is 0.396. The molecule has 0 saturated carbocycles. The zero-order chi connectivity index (χ0) is 14.4. The quantitative estimate of drug-likeness (QED) is 0.441. The van der Waals surface area contributed by atoms with Gasteiger partial charge in [0, 0.05) is 12.7 Å². The predicted octanol–water partition coefficient (Wildman–Crippen LogP) is 2.37. The van der Waals surface area contributed by atoms with Crippen molar-refractivity contribution in [3.8, 4) is 11.5 Å². The number of carbonyl (C=O) groups is 1. The molecule has 0 aliphatic rings.